The van der Waals surface area contributed by atoms with E-state index in [9.17, 15) is 21.6 Å². The van der Waals surface area contributed by atoms with Crippen LogP contribution >= 0.6 is 0 Å². The lowest BCUT2D eigenvalue weighted by molar-refractivity contribution is -0.137. The Morgan fingerprint density at radius 2 is 2.05 bits per heavy atom. The van der Waals surface area contributed by atoms with Crippen molar-refractivity contribution in [2.45, 2.75) is 19.2 Å². The van der Waals surface area contributed by atoms with Gasteiger partial charge in [-0.3, -0.25) is 0 Å². The molecular weight excluding hydrogens is 297 g/mol. The van der Waals surface area contributed by atoms with Gasteiger partial charge in [-0.1, -0.05) is 0 Å². The topological polar surface area (TPSA) is 59.5 Å². The molecule has 0 spiro atoms. The van der Waals surface area contributed by atoms with E-state index in [0.29, 0.717) is 6.20 Å². The van der Waals surface area contributed by atoms with Crippen LogP contribution in [0, 0.1) is 0 Å². The Hall–Kier alpha value is -1.35. The molecule has 112 valence electrons. The van der Waals surface area contributed by atoms with Gasteiger partial charge in [-0.15, -0.1) is 0 Å². The van der Waals surface area contributed by atoms with Gasteiger partial charge in [0, 0.05) is 12.3 Å². The molecule has 0 radical (unpaired) electrons. The first-order valence-electron chi connectivity index (χ1n) is 5.90. The number of rotatable bonds is 4. The first kappa shape index (κ1) is 15.0. The standard InChI is InChI=1S/C11H13F3N2O3S/c1-2-20(17,18)16-6-9(7-16)19-10-4-3-8(5-15-10)11(12,13)14/h3-5,9H,2,6-7H2,1H3. The molecule has 1 aromatic heterocycles. The lowest BCUT2D eigenvalue weighted by atomic mass is 10.2. The number of pyridine rings is 1. The van der Waals surface area contributed by atoms with Crippen molar-refractivity contribution in [3.63, 3.8) is 0 Å². The third kappa shape index (κ3) is 3.21. The van der Waals surface area contributed by atoms with Crippen molar-refractivity contribution in [2.24, 2.45) is 0 Å². The largest absolute Gasteiger partial charge is 0.472 e. The number of hydrogen-bond donors (Lipinski definition) is 0. The van der Waals surface area contributed by atoms with Gasteiger partial charge in [0.15, 0.2) is 0 Å². The highest BCUT2D eigenvalue weighted by Gasteiger charge is 2.36. The summed E-state index contributed by atoms with van der Waals surface area (Å²) in [4.78, 5) is 3.56. The molecule has 0 unspecified atom stereocenters. The number of alkyl halides is 3. The van der Waals surface area contributed by atoms with Crippen molar-refractivity contribution in [1.29, 1.82) is 0 Å². The van der Waals surface area contributed by atoms with Gasteiger partial charge in [-0.25, -0.2) is 13.4 Å². The first-order valence-corrected chi connectivity index (χ1v) is 7.51. The predicted molar refractivity (Wildman–Crippen MR) is 64.7 cm³/mol. The average Bonchev–Trinajstić information content (AvgIpc) is 2.32. The number of sulfonamides is 1. The SMILES string of the molecule is CCS(=O)(=O)N1CC(Oc2ccc(C(F)(F)F)cn2)C1. The minimum absolute atomic E-state index is 0.0122. The van der Waals surface area contributed by atoms with Crippen LogP contribution in [0.3, 0.4) is 0 Å². The summed E-state index contributed by atoms with van der Waals surface area (Å²) in [7, 11) is -3.23. The molecule has 0 aliphatic carbocycles. The highest BCUT2D eigenvalue weighted by molar-refractivity contribution is 7.89. The Bertz CT molecular complexity index is 566. The summed E-state index contributed by atoms with van der Waals surface area (Å²) in [5, 5.41) is 0. The van der Waals surface area contributed by atoms with E-state index in [1.807, 2.05) is 0 Å². The second-order valence-corrected chi connectivity index (χ2v) is 6.60. The predicted octanol–water partition coefficient (Wildman–Crippen LogP) is 1.51. The maximum atomic E-state index is 12.3. The summed E-state index contributed by atoms with van der Waals surface area (Å²) in [6, 6.07) is 2.00. The molecule has 1 saturated heterocycles. The molecule has 0 aromatic carbocycles. The Labute approximate surface area is 114 Å². The molecule has 0 bridgehead atoms. The van der Waals surface area contributed by atoms with Crippen molar-refractivity contribution >= 4 is 10.0 Å². The van der Waals surface area contributed by atoms with Crippen LogP contribution < -0.4 is 4.74 Å². The van der Waals surface area contributed by atoms with Crippen LogP contribution in [-0.2, 0) is 16.2 Å². The van der Waals surface area contributed by atoms with Gasteiger partial charge in [0.1, 0.15) is 6.10 Å². The van der Waals surface area contributed by atoms with Crippen LogP contribution in [0.4, 0.5) is 13.2 Å². The van der Waals surface area contributed by atoms with E-state index in [1.54, 1.807) is 6.92 Å². The van der Waals surface area contributed by atoms with Crippen LogP contribution in [0.1, 0.15) is 12.5 Å². The average molecular weight is 310 g/mol. The van der Waals surface area contributed by atoms with Gasteiger partial charge >= 0.3 is 6.18 Å². The van der Waals surface area contributed by atoms with E-state index in [1.165, 1.54) is 4.31 Å². The van der Waals surface area contributed by atoms with Crippen LogP contribution in [0.2, 0.25) is 0 Å². The van der Waals surface area contributed by atoms with E-state index in [2.05, 4.69) is 4.98 Å². The van der Waals surface area contributed by atoms with Crippen molar-refractivity contribution in [3.05, 3.63) is 23.9 Å². The molecule has 2 heterocycles. The number of halogens is 3. The Kier molecular flexibility index (Phi) is 3.92. The second kappa shape index (κ2) is 5.21. The molecule has 20 heavy (non-hydrogen) atoms. The van der Waals surface area contributed by atoms with Gasteiger partial charge in [-0.2, -0.15) is 17.5 Å². The second-order valence-electron chi connectivity index (χ2n) is 4.34. The van der Waals surface area contributed by atoms with Crippen LogP contribution in [-0.4, -0.2) is 42.7 Å². The maximum Gasteiger partial charge on any atom is 0.417 e. The molecule has 9 heteroatoms. The summed E-state index contributed by atoms with van der Waals surface area (Å²) >= 11 is 0. The highest BCUT2D eigenvalue weighted by atomic mass is 32.2. The van der Waals surface area contributed by atoms with Crippen LogP contribution in [0.25, 0.3) is 0 Å². The summed E-state index contributed by atoms with van der Waals surface area (Å²) in [5.74, 6) is 0.0645. The molecule has 0 N–H and O–H groups in total. The first-order chi connectivity index (χ1) is 9.22. The normalized spacial score (nSPS) is 17.8. The summed E-state index contributed by atoms with van der Waals surface area (Å²) in [6.07, 6.45) is -4.12. The van der Waals surface area contributed by atoms with Crippen molar-refractivity contribution < 1.29 is 26.3 Å². The minimum Gasteiger partial charge on any atom is -0.472 e. The lowest BCUT2D eigenvalue weighted by Gasteiger charge is -2.37. The molecule has 0 amide bonds. The lowest BCUT2D eigenvalue weighted by Crippen LogP contribution is -2.56. The minimum atomic E-state index is -4.44. The summed E-state index contributed by atoms with van der Waals surface area (Å²) in [6.45, 7) is 1.93. The zero-order valence-corrected chi connectivity index (χ0v) is 11.4. The number of hydrogen-bond acceptors (Lipinski definition) is 4. The van der Waals surface area contributed by atoms with Gasteiger partial charge in [0.05, 0.1) is 24.4 Å². The molecule has 1 fully saturated rings. The highest BCUT2D eigenvalue weighted by Crippen LogP contribution is 2.29. The summed E-state index contributed by atoms with van der Waals surface area (Å²) in [5.41, 5.74) is -0.853. The fourth-order valence-corrected chi connectivity index (χ4v) is 2.83. The van der Waals surface area contributed by atoms with Crippen LogP contribution in [0.5, 0.6) is 5.88 Å². The number of nitrogens with zero attached hydrogens (tertiary/aromatic N) is 2. The zero-order chi connectivity index (χ0) is 15.0. The Balaban J connectivity index is 1.91. The molecule has 1 aromatic rings. The fraction of sp³-hybridized carbons (Fsp3) is 0.545. The Morgan fingerprint density at radius 3 is 2.50 bits per heavy atom. The molecule has 2 rings (SSSR count). The smallest absolute Gasteiger partial charge is 0.417 e. The molecule has 0 saturated carbocycles. The molecule has 0 atom stereocenters. The maximum absolute atomic E-state index is 12.3. The Morgan fingerprint density at radius 1 is 1.40 bits per heavy atom. The zero-order valence-electron chi connectivity index (χ0n) is 10.6. The van der Waals surface area contributed by atoms with Crippen molar-refractivity contribution in [3.8, 4) is 5.88 Å². The molecule has 1 aliphatic heterocycles. The van der Waals surface area contributed by atoms with Gasteiger partial charge in [0.25, 0.3) is 0 Å². The molecule has 1 aliphatic rings. The summed E-state index contributed by atoms with van der Waals surface area (Å²) < 4.78 is 66.5. The van der Waals surface area contributed by atoms with E-state index in [-0.39, 0.29) is 30.8 Å². The third-order valence-corrected chi connectivity index (χ3v) is 4.74. The number of ether oxygens (including phenoxy) is 1. The van der Waals surface area contributed by atoms with Crippen LogP contribution in [0.15, 0.2) is 18.3 Å². The van der Waals surface area contributed by atoms with Gasteiger partial charge in [-0.05, 0) is 13.0 Å². The van der Waals surface area contributed by atoms with Crippen molar-refractivity contribution in [1.82, 2.24) is 9.29 Å². The van der Waals surface area contributed by atoms with E-state index < -0.39 is 21.8 Å². The van der Waals surface area contributed by atoms with Gasteiger partial charge < -0.3 is 4.74 Å². The third-order valence-electron chi connectivity index (χ3n) is 2.92. The fourth-order valence-electron chi connectivity index (χ4n) is 1.67. The van der Waals surface area contributed by atoms with E-state index in [0.717, 1.165) is 12.1 Å². The van der Waals surface area contributed by atoms with Crippen molar-refractivity contribution in [2.75, 3.05) is 18.8 Å². The van der Waals surface area contributed by atoms with Gasteiger partial charge in [0.2, 0.25) is 15.9 Å². The quantitative estimate of drug-likeness (QED) is 0.846. The van der Waals surface area contributed by atoms with E-state index in [4.69, 9.17) is 4.74 Å². The molecular formula is C11H13F3N2O3S. The van der Waals surface area contributed by atoms with E-state index >= 15 is 0 Å². The number of aromatic nitrogens is 1. The monoisotopic (exact) mass is 310 g/mol. The molecule has 5 nitrogen and oxygen atoms in total.